The maximum absolute atomic E-state index is 13.5. The van der Waals surface area contributed by atoms with E-state index in [2.05, 4.69) is 13.8 Å². The van der Waals surface area contributed by atoms with E-state index in [1.54, 1.807) is 0 Å². The molecule has 1 rings (SSSR count). The number of ether oxygens (including phenoxy) is 2. The number of carbonyl (C=O) groups excluding carboxylic acids is 1. The second kappa shape index (κ2) is 39.7. The minimum atomic E-state index is -1.60. The van der Waals surface area contributed by atoms with Crippen molar-refractivity contribution in [2.24, 2.45) is 11.7 Å². The van der Waals surface area contributed by atoms with Crippen LogP contribution < -0.4 is 5.73 Å². The van der Waals surface area contributed by atoms with Crippen LogP contribution in [0.2, 0.25) is 0 Å². The summed E-state index contributed by atoms with van der Waals surface area (Å²) in [4.78, 5) is 13.5. The summed E-state index contributed by atoms with van der Waals surface area (Å²) >= 11 is 0. The van der Waals surface area contributed by atoms with Gasteiger partial charge < -0.3 is 45.8 Å². The molecule has 0 aromatic rings. The molecule has 0 spiro atoms. The van der Waals surface area contributed by atoms with Crippen molar-refractivity contribution in [2.45, 2.75) is 294 Å². The Kier molecular flexibility index (Phi) is 37.8. The highest BCUT2D eigenvalue weighted by molar-refractivity contribution is 5.73. The molecule has 10 nitrogen and oxygen atoms in total. The van der Waals surface area contributed by atoms with Crippen LogP contribution in [0.3, 0.4) is 0 Å². The second-order valence-electron chi connectivity index (χ2n) is 18.6. The number of aliphatic hydroxyl groups excluding tert-OH is 6. The van der Waals surface area contributed by atoms with E-state index in [-0.39, 0.29) is 6.61 Å². The Balaban J connectivity index is 2.32. The van der Waals surface area contributed by atoms with Crippen LogP contribution in [0.4, 0.5) is 0 Å². The molecule has 10 heteroatoms. The van der Waals surface area contributed by atoms with Gasteiger partial charge in [0.25, 0.3) is 0 Å². The van der Waals surface area contributed by atoms with Crippen molar-refractivity contribution in [2.75, 3.05) is 13.2 Å². The summed E-state index contributed by atoms with van der Waals surface area (Å²) in [5, 5.41) is 62.7. The van der Waals surface area contributed by atoms with Crippen molar-refractivity contribution in [3.63, 3.8) is 0 Å². The number of carbonyl (C=O) groups is 1. The fourth-order valence-electron chi connectivity index (χ4n) is 8.89. The van der Waals surface area contributed by atoms with E-state index in [1.807, 2.05) is 0 Å². The number of unbranched alkanes of at least 4 members (excludes halogenated alkanes) is 32. The number of esters is 1. The normalized spacial score (nSPS) is 21.5. The first-order valence-corrected chi connectivity index (χ1v) is 25.8. The van der Waals surface area contributed by atoms with Crippen LogP contribution >= 0.6 is 0 Å². The van der Waals surface area contributed by atoms with Crippen LogP contribution in [0, 0.1) is 5.92 Å². The molecule has 0 aliphatic carbocycles. The van der Waals surface area contributed by atoms with E-state index in [4.69, 9.17) is 15.2 Å². The molecule has 0 bridgehead atoms. The fourth-order valence-corrected chi connectivity index (χ4v) is 8.89. The minimum absolute atomic E-state index is 0.319. The molecule has 9 atom stereocenters. The molecule has 1 saturated heterocycles. The molecule has 0 saturated carbocycles. The molecule has 1 fully saturated rings. The summed E-state index contributed by atoms with van der Waals surface area (Å²) in [7, 11) is 0. The number of hydrogen-bond acceptors (Lipinski definition) is 10. The third-order valence-corrected chi connectivity index (χ3v) is 13.1. The largest absolute Gasteiger partial charge is 0.464 e. The van der Waals surface area contributed by atoms with Gasteiger partial charge in [-0.3, -0.25) is 4.79 Å². The standard InChI is InChI=1S/C50H99NO9/c1-3-5-7-9-11-13-15-17-18-19-20-21-22-23-24-25-26-27-29-31-33-35-37-41(49-48(57)47(56)46(55)44(39-52)60-49)50(58)59-40-42(51)45(54)43(53)38-36-34-32-30-28-16-14-12-10-8-6-4-2/h41-49,52-57H,3-40,51H2,1-2H3/t41?,42?,43?,44-,45?,46+,47+,48-,49-/m1/s1. The van der Waals surface area contributed by atoms with Crippen LogP contribution in [0.15, 0.2) is 0 Å². The summed E-state index contributed by atoms with van der Waals surface area (Å²) in [5.41, 5.74) is 6.18. The van der Waals surface area contributed by atoms with Crippen LogP contribution in [0.25, 0.3) is 0 Å². The molecule has 0 radical (unpaired) electrons. The zero-order valence-electron chi connectivity index (χ0n) is 39.1. The highest BCUT2D eigenvalue weighted by Gasteiger charge is 2.48. The van der Waals surface area contributed by atoms with Gasteiger partial charge in [-0.25, -0.2) is 0 Å². The van der Waals surface area contributed by atoms with Crippen LogP contribution in [-0.2, 0) is 14.3 Å². The Morgan fingerprint density at radius 2 is 0.850 bits per heavy atom. The van der Waals surface area contributed by atoms with Gasteiger partial charge in [0.15, 0.2) is 0 Å². The van der Waals surface area contributed by atoms with E-state index in [1.165, 1.54) is 173 Å². The Labute approximate surface area is 368 Å². The average Bonchev–Trinajstić information content (AvgIpc) is 3.25. The number of aliphatic hydroxyl groups is 6. The van der Waals surface area contributed by atoms with Gasteiger partial charge in [0.1, 0.15) is 31.0 Å². The fraction of sp³-hybridized carbons (Fsp3) is 0.980. The van der Waals surface area contributed by atoms with Gasteiger partial charge in [-0.2, -0.15) is 0 Å². The van der Waals surface area contributed by atoms with E-state index in [0.717, 1.165) is 38.5 Å². The van der Waals surface area contributed by atoms with Crippen molar-refractivity contribution in [1.29, 1.82) is 0 Å². The van der Waals surface area contributed by atoms with Crippen molar-refractivity contribution in [1.82, 2.24) is 0 Å². The zero-order valence-corrected chi connectivity index (χ0v) is 39.1. The zero-order chi connectivity index (χ0) is 44.1. The molecule has 8 N–H and O–H groups in total. The molecule has 0 amide bonds. The molecule has 0 aromatic carbocycles. The SMILES string of the molecule is CCCCCCCCCCCCCCCCCCCCCCCCC(C(=O)OCC(N)C(O)C(O)CCCCCCCCCCCCCC)[C@H]1O[C@H](CO)[C@H](O)[C@H](O)[C@H]1O. The van der Waals surface area contributed by atoms with E-state index in [9.17, 15) is 35.4 Å². The van der Waals surface area contributed by atoms with E-state index >= 15 is 0 Å². The van der Waals surface area contributed by atoms with E-state index < -0.39 is 67.3 Å². The van der Waals surface area contributed by atoms with Crippen molar-refractivity contribution in [3.05, 3.63) is 0 Å². The first-order chi connectivity index (χ1) is 29.2. The Bertz CT molecular complexity index is 941. The van der Waals surface area contributed by atoms with Crippen molar-refractivity contribution >= 4 is 5.97 Å². The Morgan fingerprint density at radius 1 is 0.517 bits per heavy atom. The lowest BCUT2D eigenvalue weighted by atomic mass is 9.85. The van der Waals surface area contributed by atoms with E-state index in [0.29, 0.717) is 19.3 Å². The lowest BCUT2D eigenvalue weighted by Crippen LogP contribution is -2.61. The highest BCUT2D eigenvalue weighted by atomic mass is 16.6. The molecule has 1 heterocycles. The molecular formula is C50H99NO9. The molecule has 60 heavy (non-hydrogen) atoms. The van der Waals surface area contributed by atoms with Gasteiger partial charge in [0.2, 0.25) is 0 Å². The number of rotatable bonds is 43. The van der Waals surface area contributed by atoms with Gasteiger partial charge in [-0.05, 0) is 12.8 Å². The maximum atomic E-state index is 13.5. The average molecular weight is 858 g/mol. The van der Waals surface area contributed by atoms with Crippen LogP contribution in [-0.4, -0.2) is 98.6 Å². The first kappa shape index (κ1) is 57.2. The molecule has 1 aliphatic heterocycles. The van der Waals surface area contributed by atoms with Crippen LogP contribution in [0.5, 0.6) is 0 Å². The second-order valence-corrected chi connectivity index (χ2v) is 18.6. The van der Waals surface area contributed by atoms with Crippen molar-refractivity contribution < 1.29 is 44.9 Å². The summed E-state index contributed by atoms with van der Waals surface area (Å²) < 4.78 is 11.3. The van der Waals surface area contributed by atoms with Gasteiger partial charge in [0, 0.05) is 0 Å². The molecule has 358 valence electrons. The first-order valence-electron chi connectivity index (χ1n) is 25.8. The monoisotopic (exact) mass is 858 g/mol. The lowest BCUT2D eigenvalue weighted by molar-refractivity contribution is -0.243. The lowest BCUT2D eigenvalue weighted by Gasteiger charge is -2.42. The number of nitrogens with two attached hydrogens (primary N) is 1. The van der Waals surface area contributed by atoms with Gasteiger partial charge in [0.05, 0.1) is 36.9 Å². The molecular weight excluding hydrogens is 759 g/mol. The van der Waals surface area contributed by atoms with Gasteiger partial charge >= 0.3 is 5.97 Å². The van der Waals surface area contributed by atoms with Gasteiger partial charge in [-0.1, -0.05) is 232 Å². The predicted octanol–water partition coefficient (Wildman–Crippen LogP) is 10.1. The smallest absolute Gasteiger partial charge is 0.311 e. The molecule has 0 aromatic heterocycles. The predicted molar refractivity (Wildman–Crippen MR) is 246 cm³/mol. The molecule has 1 aliphatic rings. The maximum Gasteiger partial charge on any atom is 0.311 e. The quantitative estimate of drug-likeness (QED) is 0.0230. The number of hydrogen-bond donors (Lipinski definition) is 7. The minimum Gasteiger partial charge on any atom is -0.464 e. The summed E-state index contributed by atoms with van der Waals surface area (Å²) in [6, 6.07) is -1.01. The highest BCUT2D eigenvalue weighted by Crippen LogP contribution is 2.30. The summed E-state index contributed by atoms with van der Waals surface area (Å²) in [6.45, 7) is 3.60. The summed E-state index contributed by atoms with van der Waals surface area (Å²) in [6.07, 6.45) is 34.0. The molecule has 4 unspecified atom stereocenters. The Hall–Kier alpha value is -0.850. The third kappa shape index (κ3) is 28.0. The topological polar surface area (TPSA) is 183 Å². The third-order valence-electron chi connectivity index (χ3n) is 13.1. The van der Waals surface area contributed by atoms with Crippen LogP contribution in [0.1, 0.15) is 245 Å². The van der Waals surface area contributed by atoms with Crippen molar-refractivity contribution in [3.8, 4) is 0 Å². The van der Waals surface area contributed by atoms with Gasteiger partial charge in [-0.15, -0.1) is 0 Å². The Morgan fingerprint density at radius 3 is 1.20 bits per heavy atom. The summed E-state index contributed by atoms with van der Waals surface area (Å²) in [5.74, 6) is -1.67.